The molecule has 29 heavy (non-hydrogen) atoms. The van der Waals surface area contributed by atoms with Gasteiger partial charge in [0, 0.05) is 18.0 Å². The van der Waals surface area contributed by atoms with Crippen LogP contribution in [0.15, 0.2) is 66.9 Å². The van der Waals surface area contributed by atoms with Gasteiger partial charge < -0.3 is 5.32 Å². The molecule has 0 bridgehead atoms. The molecule has 0 spiro atoms. The molecule has 1 amide bonds. The van der Waals surface area contributed by atoms with Crippen LogP contribution >= 0.6 is 0 Å². The van der Waals surface area contributed by atoms with Crippen molar-refractivity contribution in [3.63, 3.8) is 0 Å². The Labute approximate surface area is 175 Å². The van der Waals surface area contributed by atoms with E-state index >= 15 is 0 Å². The Bertz CT molecular complexity index is 934. The third-order valence-electron chi connectivity index (χ3n) is 5.74. The highest BCUT2D eigenvalue weighted by Gasteiger charge is 2.27. The van der Waals surface area contributed by atoms with Crippen LogP contribution in [0.3, 0.4) is 0 Å². The lowest BCUT2D eigenvalue weighted by molar-refractivity contribution is -0.116. The molecule has 0 radical (unpaired) electrons. The van der Waals surface area contributed by atoms with Gasteiger partial charge in [-0.3, -0.25) is 9.78 Å². The van der Waals surface area contributed by atoms with Gasteiger partial charge in [0.2, 0.25) is 5.91 Å². The summed E-state index contributed by atoms with van der Waals surface area (Å²) in [6.07, 6.45) is 5.63. The predicted octanol–water partition coefficient (Wildman–Crippen LogP) is 5.99. The van der Waals surface area contributed by atoms with Crippen molar-refractivity contribution in [3.8, 4) is 0 Å². The van der Waals surface area contributed by atoms with Gasteiger partial charge in [0.15, 0.2) is 0 Å². The first-order valence-electron chi connectivity index (χ1n) is 10.7. The number of amides is 1. The van der Waals surface area contributed by atoms with E-state index in [1.165, 1.54) is 24.1 Å². The fourth-order valence-electron chi connectivity index (χ4n) is 4.24. The van der Waals surface area contributed by atoms with Crippen LogP contribution in [0.1, 0.15) is 32.6 Å². The Morgan fingerprint density at radius 2 is 1.76 bits per heavy atom. The molecule has 1 aromatic heterocycles. The van der Waals surface area contributed by atoms with E-state index in [9.17, 15) is 4.79 Å². The van der Waals surface area contributed by atoms with Gasteiger partial charge in [0.05, 0.1) is 19.3 Å². The van der Waals surface area contributed by atoms with Crippen LogP contribution in [0.4, 0.5) is 5.69 Å². The molecule has 152 valence electrons. The van der Waals surface area contributed by atoms with E-state index in [4.69, 9.17) is 0 Å². The molecule has 2 aromatic carbocycles. The number of pyridine rings is 1. The van der Waals surface area contributed by atoms with Gasteiger partial charge in [-0.25, -0.2) is 0 Å². The average molecular weight is 405 g/mol. The number of anilines is 1. The van der Waals surface area contributed by atoms with Crippen LogP contribution in [-0.2, 0) is 4.79 Å². The van der Waals surface area contributed by atoms with Crippen LogP contribution < -0.4 is 10.5 Å². The molecular formula is C25H32N2OSi. The first-order chi connectivity index (χ1) is 14.0. The molecule has 1 N–H and O–H groups in total. The van der Waals surface area contributed by atoms with Crippen LogP contribution in [0.25, 0.3) is 10.9 Å². The Morgan fingerprint density at radius 1 is 1.00 bits per heavy atom. The minimum Gasteiger partial charge on any atom is -0.324 e. The number of benzene rings is 2. The summed E-state index contributed by atoms with van der Waals surface area (Å²) < 4.78 is 0. The number of carbonyl (C=O) groups excluding carboxylic acids is 1. The minimum absolute atomic E-state index is 0.0865. The van der Waals surface area contributed by atoms with Crippen LogP contribution in [0, 0.1) is 5.92 Å². The lowest BCUT2D eigenvalue weighted by Crippen LogP contribution is -2.42. The lowest BCUT2D eigenvalue weighted by atomic mass is 10.00. The Hall–Kier alpha value is -2.46. The normalized spacial score (nSPS) is 12.7. The third-order valence-corrected chi connectivity index (χ3v) is 9.23. The number of nitrogens with zero attached hydrogens (tertiary/aromatic N) is 1. The van der Waals surface area contributed by atoms with Crippen molar-refractivity contribution >= 4 is 35.8 Å². The van der Waals surface area contributed by atoms with E-state index in [-0.39, 0.29) is 5.91 Å². The molecule has 0 saturated heterocycles. The van der Waals surface area contributed by atoms with Gasteiger partial charge in [-0.15, -0.1) is 0 Å². The number of fused-ring (bicyclic) bond motifs is 1. The largest absolute Gasteiger partial charge is 0.324 e. The maximum Gasteiger partial charge on any atom is 0.224 e. The molecule has 0 aliphatic carbocycles. The second kappa shape index (κ2) is 9.84. The number of rotatable bonds is 9. The summed E-state index contributed by atoms with van der Waals surface area (Å²) in [4.78, 5) is 17.1. The average Bonchev–Trinajstić information content (AvgIpc) is 2.73. The van der Waals surface area contributed by atoms with E-state index in [0.29, 0.717) is 12.3 Å². The van der Waals surface area contributed by atoms with Crippen molar-refractivity contribution in [2.45, 2.75) is 51.7 Å². The van der Waals surface area contributed by atoms with E-state index in [1.54, 1.807) is 6.20 Å². The summed E-state index contributed by atoms with van der Waals surface area (Å²) in [7, 11) is -1.50. The number of hydrogen-bond donors (Lipinski definition) is 1. The fourth-order valence-corrected chi connectivity index (χ4v) is 7.42. The monoisotopic (exact) mass is 404 g/mol. The summed E-state index contributed by atoms with van der Waals surface area (Å²) in [5, 5.41) is 5.64. The molecule has 3 aromatic rings. The lowest BCUT2D eigenvalue weighted by Gasteiger charge is -2.28. The Morgan fingerprint density at radius 3 is 2.52 bits per heavy atom. The van der Waals surface area contributed by atoms with Crippen LogP contribution in [0.2, 0.25) is 19.1 Å². The highest BCUT2D eigenvalue weighted by atomic mass is 28.3. The first kappa shape index (κ1) is 21.3. The number of hydrogen-bond acceptors (Lipinski definition) is 2. The van der Waals surface area contributed by atoms with Crippen molar-refractivity contribution in [1.29, 1.82) is 0 Å². The maximum atomic E-state index is 12.7. The van der Waals surface area contributed by atoms with E-state index in [1.807, 2.05) is 30.3 Å². The summed E-state index contributed by atoms with van der Waals surface area (Å²) in [6.45, 7) is 7.14. The van der Waals surface area contributed by atoms with Crippen molar-refractivity contribution in [3.05, 3.63) is 66.9 Å². The predicted molar refractivity (Wildman–Crippen MR) is 126 cm³/mol. The molecule has 3 rings (SSSR count). The second-order valence-corrected chi connectivity index (χ2v) is 13.3. The first-order valence-corrected chi connectivity index (χ1v) is 13.9. The van der Waals surface area contributed by atoms with Gasteiger partial charge in [0.1, 0.15) is 0 Å². The van der Waals surface area contributed by atoms with E-state index in [0.717, 1.165) is 23.0 Å². The molecule has 0 aliphatic heterocycles. The quantitative estimate of drug-likeness (QED) is 0.445. The molecule has 0 aliphatic rings. The van der Waals surface area contributed by atoms with Gasteiger partial charge in [0.25, 0.3) is 0 Å². The fraction of sp³-hybridized carbons (Fsp3) is 0.360. The zero-order valence-corrected chi connectivity index (χ0v) is 18.8. The highest BCUT2D eigenvalue weighted by Crippen LogP contribution is 2.26. The van der Waals surface area contributed by atoms with Crippen LogP contribution in [0.5, 0.6) is 0 Å². The third kappa shape index (κ3) is 5.77. The Balaban J connectivity index is 1.62. The number of carbonyl (C=O) groups is 1. The summed E-state index contributed by atoms with van der Waals surface area (Å²) >= 11 is 0. The van der Waals surface area contributed by atoms with Gasteiger partial charge in [-0.1, -0.05) is 92.6 Å². The van der Waals surface area contributed by atoms with Crippen molar-refractivity contribution in [2.75, 3.05) is 5.32 Å². The molecule has 3 nitrogen and oxygen atoms in total. The zero-order valence-electron chi connectivity index (χ0n) is 17.8. The number of aromatic nitrogens is 1. The van der Waals surface area contributed by atoms with Crippen molar-refractivity contribution in [2.24, 2.45) is 5.92 Å². The summed E-state index contributed by atoms with van der Waals surface area (Å²) in [5.74, 6) is 0.682. The molecular weight excluding hydrogens is 372 g/mol. The smallest absolute Gasteiger partial charge is 0.224 e. The van der Waals surface area contributed by atoms with E-state index in [2.05, 4.69) is 60.7 Å². The summed E-state index contributed by atoms with van der Waals surface area (Å²) in [6, 6.07) is 22.0. The van der Waals surface area contributed by atoms with Gasteiger partial charge in [-0.2, -0.15) is 0 Å². The van der Waals surface area contributed by atoms with Gasteiger partial charge in [-0.05, 0) is 24.5 Å². The van der Waals surface area contributed by atoms with Gasteiger partial charge >= 0.3 is 0 Å². The molecule has 0 fully saturated rings. The number of nitrogens with one attached hydrogen (secondary N) is 1. The minimum atomic E-state index is -1.50. The van der Waals surface area contributed by atoms with Crippen molar-refractivity contribution in [1.82, 2.24) is 4.98 Å². The van der Waals surface area contributed by atoms with Crippen molar-refractivity contribution < 1.29 is 4.79 Å². The zero-order chi connectivity index (χ0) is 20.7. The Kier molecular flexibility index (Phi) is 7.21. The molecule has 1 unspecified atom stereocenters. The molecule has 4 heteroatoms. The van der Waals surface area contributed by atoms with E-state index < -0.39 is 8.07 Å². The number of para-hydroxylation sites is 1. The molecule has 1 heterocycles. The SMILES string of the molecule is CCCC(CCC(=O)Nc1cccc2cccnc12)C[Si](C)(C)c1ccccc1. The topological polar surface area (TPSA) is 42.0 Å². The summed E-state index contributed by atoms with van der Waals surface area (Å²) in [5.41, 5.74) is 1.66. The molecule has 1 atom stereocenters. The maximum absolute atomic E-state index is 12.7. The molecule has 0 saturated carbocycles. The second-order valence-electron chi connectivity index (χ2n) is 8.58. The standard InChI is InChI=1S/C25H32N2OSi/c1-4-10-20(19-29(2,3)22-13-6-5-7-14-22)16-17-24(28)27-23-15-8-11-21-12-9-18-26-25(21)23/h5-9,11-15,18,20H,4,10,16-17,19H2,1-3H3,(H,27,28). The van der Waals surface area contributed by atoms with Crippen LogP contribution in [-0.4, -0.2) is 19.0 Å². The highest BCUT2D eigenvalue weighted by molar-refractivity contribution is 6.89.